The number of thioether (sulfide) groups is 1. The van der Waals surface area contributed by atoms with Crippen molar-refractivity contribution in [3.63, 3.8) is 0 Å². The molecular weight excluding hydrogens is 539 g/mol. The van der Waals surface area contributed by atoms with E-state index in [-0.39, 0.29) is 17.2 Å². The monoisotopic (exact) mass is 572 g/mol. The molecule has 41 heavy (non-hydrogen) atoms. The Hall–Kier alpha value is -3.39. The minimum atomic E-state index is -0.537. The van der Waals surface area contributed by atoms with Crippen molar-refractivity contribution in [3.05, 3.63) is 46.9 Å². The number of hydrogen-bond acceptors (Lipinski definition) is 8. The topological polar surface area (TPSA) is 84.8 Å². The summed E-state index contributed by atoms with van der Waals surface area (Å²) in [7, 11) is 2.15. The molecule has 212 valence electrons. The number of nitrogens with one attached hydrogen (secondary N) is 1. The van der Waals surface area contributed by atoms with Crippen LogP contribution in [-0.4, -0.2) is 83.0 Å². The highest BCUT2D eigenvalue weighted by Gasteiger charge is 2.38. The number of carbonyl (C=O) groups is 1. The van der Waals surface area contributed by atoms with Gasteiger partial charge in [0, 0.05) is 60.5 Å². The number of anilines is 2. The van der Waals surface area contributed by atoms with Gasteiger partial charge in [-0.25, -0.2) is 14.4 Å². The van der Waals surface area contributed by atoms with Gasteiger partial charge in [0.15, 0.2) is 5.16 Å². The molecular formula is C31H33FN6O2S. The lowest BCUT2D eigenvalue weighted by molar-refractivity contribution is 0.0974. The molecule has 5 heterocycles. The maximum atomic E-state index is 14.8. The number of piperazine rings is 1. The van der Waals surface area contributed by atoms with Gasteiger partial charge in [-0.05, 0) is 63.2 Å². The Labute approximate surface area is 243 Å². The number of phenols is 1. The molecule has 0 aliphatic carbocycles. The van der Waals surface area contributed by atoms with Crippen molar-refractivity contribution in [1.82, 2.24) is 20.2 Å². The van der Waals surface area contributed by atoms with Gasteiger partial charge in [-0.2, -0.15) is 0 Å². The fraction of sp³-hybridized carbons (Fsp3) is 0.452. The number of terminal acetylenes is 1. The van der Waals surface area contributed by atoms with Crippen LogP contribution in [0, 0.1) is 18.2 Å². The molecule has 3 saturated heterocycles. The predicted molar refractivity (Wildman–Crippen MR) is 159 cm³/mol. The van der Waals surface area contributed by atoms with E-state index in [4.69, 9.17) is 16.4 Å². The van der Waals surface area contributed by atoms with Crippen molar-refractivity contribution < 1.29 is 14.3 Å². The second kappa shape index (κ2) is 10.5. The summed E-state index contributed by atoms with van der Waals surface area (Å²) in [6.45, 7) is 3.15. The molecule has 10 heteroatoms. The number of benzene rings is 2. The smallest absolute Gasteiger partial charge is 0.277 e. The largest absolute Gasteiger partial charge is 0.508 e. The predicted octanol–water partition coefficient (Wildman–Crippen LogP) is 3.79. The fourth-order valence-corrected chi connectivity index (χ4v) is 8.02. The van der Waals surface area contributed by atoms with E-state index < -0.39 is 5.82 Å². The van der Waals surface area contributed by atoms with E-state index in [1.165, 1.54) is 24.6 Å². The molecule has 3 aromatic rings. The van der Waals surface area contributed by atoms with E-state index in [1.807, 2.05) is 0 Å². The van der Waals surface area contributed by atoms with Crippen LogP contribution in [0.15, 0.2) is 29.4 Å². The molecule has 8 nitrogen and oxygen atoms in total. The van der Waals surface area contributed by atoms with Gasteiger partial charge in [0.1, 0.15) is 23.1 Å². The van der Waals surface area contributed by atoms with Crippen LogP contribution in [0.2, 0.25) is 0 Å². The molecule has 1 amide bonds. The van der Waals surface area contributed by atoms with Gasteiger partial charge < -0.3 is 25.1 Å². The number of hydrogen-bond donors (Lipinski definition) is 2. The van der Waals surface area contributed by atoms with Gasteiger partial charge in [0.25, 0.3) is 5.91 Å². The highest BCUT2D eigenvalue weighted by atomic mass is 32.2. The maximum absolute atomic E-state index is 14.8. The van der Waals surface area contributed by atoms with Gasteiger partial charge in [-0.15, -0.1) is 6.42 Å². The highest BCUT2D eigenvalue weighted by Crippen LogP contribution is 2.39. The molecule has 0 saturated carbocycles. The molecule has 3 atom stereocenters. The number of aromatic nitrogens is 2. The summed E-state index contributed by atoms with van der Waals surface area (Å²) in [5.41, 5.74) is 1.71. The lowest BCUT2D eigenvalue weighted by Crippen LogP contribution is -2.52. The summed E-state index contributed by atoms with van der Waals surface area (Å²) in [6, 6.07) is 7.21. The standard InChI is InChI=1S/C31H33FN6O2S/c1-3-23-25(32)9-6-18-13-22(39)14-26(27(18)23)38-12-10-24-28(30(38)40)34-31(41-17-21-5-4-11-36(21)2)35-29(24)37-15-19-7-8-20(16-37)33-19/h1,6,9,13-14,19-21,33,39H,4-5,7-8,10-12,15-17H2,2H3/t19-,20+,21-/m0/s1. The number of rotatable bonds is 5. The molecule has 2 N–H and O–H groups in total. The van der Waals surface area contributed by atoms with Crippen LogP contribution in [0.25, 0.3) is 10.8 Å². The van der Waals surface area contributed by atoms with Crippen LogP contribution >= 0.6 is 11.8 Å². The second-order valence-corrected chi connectivity index (χ2v) is 12.6. The molecule has 0 radical (unpaired) electrons. The van der Waals surface area contributed by atoms with E-state index in [9.17, 15) is 14.3 Å². The van der Waals surface area contributed by atoms with Crippen LogP contribution in [0.5, 0.6) is 5.75 Å². The van der Waals surface area contributed by atoms with Crippen molar-refractivity contribution >= 4 is 39.9 Å². The van der Waals surface area contributed by atoms with Gasteiger partial charge in [0.05, 0.1) is 11.3 Å². The Kier molecular flexibility index (Phi) is 6.76. The number of nitrogens with zero attached hydrogens (tertiary/aromatic N) is 5. The Bertz CT molecular complexity index is 1580. The summed E-state index contributed by atoms with van der Waals surface area (Å²) in [4.78, 5) is 30.5. The SMILES string of the molecule is C#Cc1c(F)ccc2cc(O)cc(N3CCc4c(nc(SC[C@@H]5CCCN5C)nc4N4C[C@H]5CC[C@@H](C4)N5)C3=O)c12. The van der Waals surface area contributed by atoms with E-state index in [0.717, 1.165) is 56.0 Å². The Morgan fingerprint density at radius 3 is 2.71 bits per heavy atom. The average Bonchev–Trinajstić information content (AvgIpc) is 3.54. The molecule has 4 aliphatic heterocycles. The third-order valence-corrected chi connectivity index (χ3v) is 10.0. The minimum absolute atomic E-state index is 0.0164. The fourth-order valence-electron chi connectivity index (χ4n) is 6.96. The molecule has 0 unspecified atom stereocenters. The molecule has 0 spiro atoms. The van der Waals surface area contributed by atoms with E-state index >= 15 is 0 Å². The molecule has 3 fully saturated rings. The van der Waals surface area contributed by atoms with Gasteiger partial charge in [-0.3, -0.25) is 4.79 Å². The molecule has 7 rings (SSSR count). The maximum Gasteiger partial charge on any atom is 0.277 e. The van der Waals surface area contributed by atoms with Crippen LogP contribution in [0.3, 0.4) is 0 Å². The zero-order chi connectivity index (χ0) is 28.2. The van der Waals surface area contributed by atoms with E-state index in [1.54, 1.807) is 22.7 Å². The average molecular weight is 573 g/mol. The zero-order valence-electron chi connectivity index (χ0n) is 23.1. The van der Waals surface area contributed by atoms with Gasteiger partial charge in [0.2, 0.25) is 0 Å². The second-order valence-electron chi connectivity index (χ2n) is 11.6. The number of aromatic hydroxyl groups is 1. The van der Waals surface area contributed by atoms with E-state index in [0.29, 0.717) is 58.4 Å². The number of amides is 1. The van der Waals surface area contributed by atoms with Gasteiger partial charge >= 0.3 is 0 Å². The lowest BCUT2D eigenvalue weighted by atomic mass is 9.98. The molecule has 1 aromatic heterocycles. The zero-order valence-corrected chi connectivity index (χ0v) is 23.9. The number of likely N-dealkylation sites (tertiary alicyclic amines) is 1. The Morgan fingerprint density at radius 1 is 1.17 bits per heavy atom. The van der Waals surface area contributed by atoms with Crippen LogP contribution in [0.1, 0.15) is 47.3 Å². The Morgan fingerprint density at radius 2 is 1.98 bits per heavy atom. The number of halogens is 1. The summed E-state index contributed by atoms with van der Waals surface area (Å²) < 4.78 is 14.8. The van der Waals surface area contributed by atoms with Crippen LogP contribution < -0.4 is 15.1 Å². The first kappa shape index (κ1) is 26.5. The van der Waals surface area contributed by atoms with Crippen LogP contribution in [-0.2, 0) is 6.42 Å². The normalized spacial score (nSPS) is 24.2. The van der Waals surface area contributed by atoms with Crippen molar-refractivity contribution in [3.8, 4) is 18.1 Å². The summed E-state index contributed by atoms with van der Waals surface area (Å²) in [5, 5.41) is 15.8. The third kappa shape index (κ3) is 4.70. The summed E-state index contributed by atoms with van der Waals surface area (Å²) >= 11 is 1.61. The number of fused-ring (bicyclic) bond motifs is 4. The lowest BCUT2D eigenvalue weighted by Gasteiger charge is -2.37. The molecule has 2 bridgehead atoms. The first-order chi connectivity index (χ1) is 19.9. The first-order valence-corrected chi connectivity index (χ1v) is 15.4. The van der Waals surface area contributed by atoms with Crippen molar-refractivity contribution in [2.75, 3.05) is 48.8 Å². The highest BCUT2D eigenvalue weighted by molar-refractivity contribution is 7.99. The van der Waals surface area contributed by atoms with Crippen molar-refractivity contribution in [1.29, 1.82) is 0 Å². The molecule has 4 aliphatic rings. The quantitative estimate of drug-likeness (QED) is 0.272. The van der Waals surface area contributed by atoms with Crippen molar-refractivity contribution in [2.24, 2.45) is 0 Å². The summed E-state index contributed by atoms with van der Waals surface area (Å²) in [5.74, 6) is 3.34. The number of carbonyl (C=O) groups excluding carboxylic acids is 1. The Balaban J connectivity index is 1.30. The van der Waals surface area contributed by atoms with Gasteiger partial charge in [-0.1, -0.05) is 23.7 Å². The summed E-state index contributed by atoms with van der Waals surface area (Å²) in [6.07, 6.45) is 10.9. The van der Waals surface area contributed by atoms with Crippen molar-refractivity contribution in [2.45, 2.75) is 55.4 Å². The molecule has 2 aromatic carbocycles. The minimum Gasteiger partial charge on any atom is -0.508 e. The first-order valence-electron chi connectivity index (χ1n) is 14.4. The third-order valence-electron chi connectivity index (χ3n) is 9.06. The van der Waals surface area contributed by atoms with Crippen LogP contribution in [0.4, 0.5) is 15.9 Å². The van der Waals surface area contributed by atoms with E-state index in [2.05, 4.69) is 28.1 Å². The number of phenolic OH excluding ortho intramolecular Hbond substituents is 1.